The van der Waals surface area contributed by atoms with Crippen molar-refractivity contribution in [3.05, 3.63) is 24.3 Å². The predicted octanol–water partition coefficient (Wildman–Crippen LogP) is 13.8. The second-order valence-electron chi connectivity index (χ2n) is 18.5. The Kier molecular flexibility index (Phi) is 41.6. The Morgan fingerprint density at radius 3 is 1.32 bits per heavy atom. The van der Waals surface area contributed by atoms with E-state index in [2.05, 4.69) is 31.3 Å². The van der Waals surface area contributed by atoms with Crippen LogP contribution in [0.2, 0.25) is 0 Å². The van der Waals surface area contributed by atoms with Gasteiger partial charge in [-0.15, -0.1) is 0 Å². The first-order chi connectivity index (χ1) is 28.5. The number of hydrogen-bond acceptors (Lipinski definition) is 6. The molecule has 0 aromatic carbocycles. The molecular formula is C50H99N2O6P. The molecule has 1 amide bonds. The summed E-state index contributed by atoms with van der Waals surface area (Å²) in [5.74, 6) is -0.196. The summed E-state index contributed by atoms with van der Waals surface area (Å²) in [6, 6.07) is -0.884. The van der Waals surface area contributed by atoms with Crippen molar-refractivity contribution in [2.24, 2.45) is 0 Å². The monoisotopic (exact) mass is 855 g/mol. The number of rotatable bonds is 46. The number of carbonyl (C=O) groups is 1. The molecule has 0 aliphatic carbocycles. The molecule has 1 unspecified atom stereocenters. The van der Waals surface area contributed by atoms with Gasteiger partial charge in [0.25, 0.3) is 7.82 Å². The lowest BCUT2D eigenvalue weighted by molar-refractivity contribution is -0.870. The Morgan fingerprint density at radius 1 is 0.576 bits per heavy atom. The Balaban J connectivity index is 4.29. The minimum absolute atomic E-state index is 0.000432. The van der Waals surface area contributed by atoms with E-state index in [-0.39, 0.29) is 19.1 Å². The number of likely N-dealkylation sites (N-methyl/N-ethyl adjacent to an activating group) is 1. The first-order valence-electron chi connectivity index (χ1n) is 25.2. The number of amides is 1. The molecule has 0 aromatic heterocycles. The maximum Gasteiger partial charge on any atom is 0.268 e. The van der Waals surface area contributed by atoms with Crippen LogP contribution in [0, 0.1) is 0 Å². The molecule has 0 saturated carbocycles. The smallest absolute Gasteiger partial charge is 0.268 e. The van der Waals surface area contributed by atoms with Gasteiger partial charge < -0.3 is 28.8 Å². The first-order valence-corrected chi connectivity index (χ1v) is 26.7. The van der Waals surface area contributed by atoms with Crippen LogP contribution in [-0.4, -0.2) is 68.5 Å². The van der Waals surface area contributed by atoms with Gasteiger partial charge in [-0.1, -0.05) is 212 Å². The minimum Gasteiger partial charge on any atom is -0.756 e. The molecule has 0 aliphatic rings. The highest BCUT2D eigenvalue weighted by Gasteiger charge is 2.23. The van der Waals surface area contributed by atoms with Crippen molar-refractivity contribution in [2.75, 3.05) is 40.9 Å². The number of hydrogen-bond donors (Lipinski definition) is 2. The largest absolute Gasteiger partial charge is 0.756 e. The highest BCUT2D eigenvalue weighted by atomic mass is 31.2. The molecule has 9 heteroatoms. The predicted molar refractivity (Wildman–Crippen MR) is 252 cm³/mol. The number of aliphatic hydroxyl groups excluding tert-OH is 1. The van der Waals surface area contributed by atoms with Gasteiger partial charge in [-0.05, 0) is 44.9 Å². The highest BCUT2D eigenvalue weighted by molar-refractivity contribution is 7.45. The van der Waals surface area contributed by atoms with Gasteiger partial charge in [-0.3, -0.25) is 9.36 Å². The molecule has 0 bridgehead atoms. The van der Waals surface area contributed by atoms with E-state index in [4.69, 9.17) is 9.05 Å². The van der Waals surface area contributed by atoms with E-state index in [0.717, 1.165) is 38.5 Å². The zero-order valence-electron chi connectivity index (χ0n) is 39.7. The summed E-state index contributed by atoms with van der Waals surface area (Å²) in [7, 11) is 1.27. The van der Waals surface area contributed by atoms with Crippen molar-refractivity contribution >= 4 is 13.7 Å². The summed E-state index contributed by atoms with van der Waals surface area (Å²) < 4.78 is 23.3. The van der Waals surface area contributed by atoms with E-state index in [9.17, 15) is 19.4 Å². The standard InChI is InChI=1S/C50H99N2O6P/c1-6-8-10-12-14-16-18-20-22-24-25-26-27-28-30-32-34-36-38-40-42-44-50(54)51-48(47-58-59(55,56)57-46-45-52(3,4)5)49(53)43-41-39-37-35-33-31-29-23-21-19-17-15-13-11-9-7-2/h20,22,41,43,48-49,53H,6-19,21,23-40,42,44-47H2,1-5H3,(H-,51,54,55,56)/b22-20+,43-41+/t48-,49+/m0/s1. The molecule has 0 aliphatic heterocycles. The Hall–Kier alpha value is -1.02. The zero-order valence-corrected chi connectivity index (χ0v) is 40.6. The Morgan fingerprint density at radius 2 is 0.932 bits per heavy atom. The molecule has 0 aromatic rings. The first kappa shape index (κ1) is 58.0. The van der Waals surface area contributed by atoms with Crippen LogP contribution >= 0.6 is 7.82 Å². The summed E-state index contributed by atoms with van der Waals surface area (Å²) in [4.78, 5) is 25.4. The van der Waals surface area contributed by atoms with Gasteiger partial charge in [0.15, 0.2) is 0 Å². The second kappa shape index (κ2) is 42.3. The molecular weight excluding hydrogens is 756 g/mol. The summed E-state index contributed by atoms with van der Waals surface area (Å²) in [5, 5.41) is 13.8. The number of unbranched alkanes of at least 4 members (excludes halogenated alkanes) is 31. The topological polar surface area (TPSA) is 108 Å². The number of carbonyl (C=O) groups excluding carboxylic acids is 1. The Labute approximate surface area is 366 Å². The summed E-state index contributed by atoms with van der Waals surface area (Å²) in [5.41, 5.74) is 0. The van der Waals surface area contributed by atoms with Gasteiger partial charge in [0.2, 0.25) is 5.91 Å². The quantitative estimate of drug-likeness (QED) is 0.0273. The van der Waals surface area contributed by atoms with Crippen molar-refractivity contribution < 1.29 is 32.9 Å². The molecule has 2 N–H and O–H groups in total. The van der Waals surface area contributed by atoms with E-state index < -0.39 is 20.0 Å². The second-order valence-corrected chi connectivity index (χ2v) is 19.9. The van der Waals surface area contributed by atoms with Crippen molar-refractivity contribution in [1.82, 2.24) is 5.32 Å². The number of quaternary nitrogens is 1. The van der Waals surface area contributed by atoms with Gasteiger partial charge in [-0.25, -0.2) is 0 Å². The van der Waals surface area contributed by atoms with E-state index in [1.807, 2.05) is 27.2 Å². The fourth-order valence-electron chi connectivity index (χ4n) is 7.38. The number of nitrogens with zero attached hydrogens (tertiary/aromatic N) is 1. The van der Waals surface area contributed by atoms with E-state index in [1.54, 1.807) is 6.08 Å². The van der Waals surface area contributed by atoms with Crippen molar-refractivity contribution in [3.8, 4) is 0 Å². The lowest BCUT2D eigenvalue weighted by Crippen LogP contribution is -2.45. The molecule has 0 fully saturated rings. The third-order valence-corrected chi connectivity index (χ3v) is 12.4. The number of allylic oxidation sites excluding steroid dienone is 3. The van der Waals surface area contributed by atoms with E-state index >= 15 is 0 Å². The number of phosphoric acid groups is 1. The molecule has 0 rings (SSSR count). The van der Waals surface area contributed by atoms with Gasteiger partial charge in [0, 0.05) is 6.42 Å². The van der Waals surface area contributed by atoms with E-state index in [0.29, 0.717) is 17.4 Å². The SMILES string of the molecule is CCCCCCCC/C=C/CCCCCCCCCCCCCC(=O)N[C@@H](COP(=O)([O-])OCC[N+](C)(C)C)[C@H](O)/C=C/CCCCCCCCCCCCCCCC. The van der Waals surface area contributed by atoms with Gasteiger partial charge in [-0.2, -0.15) is 0 Å². The lowest BCUT2D eigenvalue weighted by Gasteiger charge is -2.29. The number of aliphatic hydroxyl groups is 1. The molecule has 350 valence electrons. The zero-order chi connectivity index (χ0) is 43.6. The Bertz CT molecular complexity index is 1020. The van der Waals surface area contributed by atoms with Crippen LogP contribution in [0.1, 0.15) is 239 Å². The normalized spacial score (nSPS) is 14.4. The van der Waals surface area contributed by atoms with Crippen molar-refractivity contribution in [3.63, 3.8) is 0 Å². The van der Waals surface area contributed by atoms with E-state index in [1.165, 1.54) is 180 Å². The van der Waals surface area contributed by atoms with Gasteiger partial charge in [0.1, 0.15) is 13.2 Å². The molecule has 59 heavy (non-hydrogen) atoms. The van der Waals surface area contributed by atoms with Gasteiger partial charge >= 0.3 is 0 Å². The van der Waals surface area contributed by atoms with Crippen LogP contribution in [0.25, 0.3) is 0 Å². The van der Waals surface area contributed by atoms with Crippen LogP contribution in [0.5, 0.6) is 0 Å². The fraction of sp³-hybridized carbons (Fsp3) is 0.900. The average molecular weight is 855 g/mol. The molecule has 3 atom stereocenters. The third-order valence-electron chi connectivity index (χ3n) is 11.4. The molecule has 0 saturated heterocycles. The summed E-state index contributed by atoms with van der Waals surface area (Å²) in [6.07, 6.45) is 50.8. The summed E-state index contributed by atoms with van der Waals surface area (Å²) in [6.45, 7) is 4.66. The fourth-order valence-corrected chi connectivity index (χ4v) is 8.11. The lowest BCUT2D eigenvalue weighted by atomic mass is 10.0. The highest BCUT2D eigenvalue weighted by Crippen LogP contribution is 2.38. The van der Waals surface area contributed by atoms with Crippen molar-refractivity contribution in [2.45, 2.75) is 251 Å². The molecule has 0 spiro atoms. The van der Waals surface area contributed by atoms with Crippen LogP contribution in [-0.2, 0) is 18.4 Å². The van der Waals surface area contributed by atoms with Crippen LogP contribution in [0.4, 0.5) is 0 Å². The van der Waals surface area contributed by atoms with Crippen molar-refractivity contribution in [1.29, 1.82) is 0 Å². The van der Waals surface area contributed by atoms with Crippen LogP contribution in [0.3, 0.4) is 0 Å². The maximum atomic E-state index is 12.9. The molecule has 8 nitrogen and oxygen atoms in total. The number of phosphoric ester groups is 1. The average Bonchev–Trinajstić information content (AvgIpc) is 3.19. The van der Waals surface area contributed by atoms with Crippen LogP contribution in [0.15, 0.2) is 24.3 Å². The number of nitrogens with one attached hydrogen (secondary N) is 1. The molecule has 0 radical (unpaired) electrons. The summed E-state index contributed by atoms with van der Waals surface area (Å²) >= 11 is 0. The molecule has 0 heterocycles. The van der Waals surface area contributed by atoms with Gasteiger partial charge in [0.05, 0.1) is 39.9 Å². The minimum atomic E-state index is -4.59. The third kappa shape index (κ3) is 44.8. The van der Waals surface area contributed by atoms with Crippen LogP contribution < -0.4 is 10.2 Å². The maximum absolute atomic E-state index is 12.9.